The molecule has 0 radical (unpaired) electrons. The van der Waals surface area contributed by atoms with Gasteiger partial charge in [-0.15, -0.1) is 0 Å². The lowest BCUT2D eigenvalue weighted by Crippen LogP contribution is -2.55. The van der Waals surface area contributed by atoms with E-state index in [4.69, 9.17) is 50.2 Å². The van der Waals surface area contributed by atoms with Crippen molar-refractivity contribution in [2.75, 3.05) is 52.4 Å². The summed E-state index contributed by atoms with van der Waals surface area (Å²) in [4.78, 5) is 22.9. The van der Waals surface area contributed by atoms with Gasteiger partial charge in [0.15, 0.2) is 24.2 Å². The van der Waals surface area contributed by atoms with Gasteiger partial charge in [0.05, 0.1) is 19.8 Å². The Bertz CT molecular complexity index is 1860. The number of nitrogens with zero attached hydrogens (tertiary/aromatic N) is 4. The van der Waals surface area contributed by atoms with E-state index in [1.165, 1.54) is 0 Å². The second-order valence-electron chi connectivity index (χ2n) is 20.3. The molecular formula is C49H72N6O9. The number of nitrogens with one attached hydrogen (secondary N) is 1. The number of hydrogen-bond acceptors (Lipinski definition) is 13. The van der Waals surface area contributed by atoms with Crippen LogP contribution in [-0.4, -0.2) is 151 Å². The van der Waals surface area contributed by atoms with E-state index in [1.54, 1.807) is 4.90 Å². The lowest BCUT2D eigenvalue weighted by atomic mass is 9.89. The maximum absolute atomic E-state index is 12.7. The summed E-state index contributed by atoms with van der Waals surface area (Å²) in [6.07, 6.45) is 3.47. The van der Waals surface area contributed by atoms with E-state index in [2.05, 4.69) is 58.1 Å². The van der Waals surface area contributed by atoms with E-state index < -0.39 is 17.9 Å². The number of rotatable bonds is 13. The first-order chi connectivity index (χ1) is 30.6. The molecule has 7 fully saturated rings. The van der Waals surface area contributed by atoms with Crippen molar-refractivity contribution in [3.8, 4) is 0 Å². The molecule has 15 nitrogen and oxygen atoms in total. The molecule has 15 heteroatoms. The Morgan fingerprint density at radius 1 is 0.719 bits per heavy atom. The molecule has 7 saturated heterocycles. The zero-order valence-corrected chi connectivity index (χ0v) is 38.8. The maximum Gasteiger partial charge on any atom is 0.300 e. The molecule has 64 heavy (non-hydrogen) atoms. The molecule has 9 rings (SSSR count). The third kappa shape index (κ3) is 11.9. The number of nitrogens with two attached hydrogens (primary N) is 1. The van der Waals surface area contributed by atoms with Crippen LogP contribution in [0.3, 0.4) is 0 Å². The van der Waals surface area contributed by atoms with Gasteiger partial charge >= 0.3 is 6.17 Å². The van der Waals surface area contributed by atoms with Gasteiger partial charge in [-0.1, -0.05) is 60.7 Å². The van der Waals surface area contributed by atoms with Crippen molar-refractivity contribution in [1.29, 1.82) is 0 Å². The average Bonchev–Trinajstić information content (AvgIpc) is 4.07. The topological polar surface area (TPSA) is 143 Å². The highest BCUT2D eigenvalue weighted by Gasteiger charge is 2.57. The molecule has 1 amide bonds. The van der Waals surface area contributed by atoms with Crippen LogP contribution in [0.4, 0.5) is 0 Å². The highest BCUT2D eigenvalue weighted by atomic mass is 16.9. The quantitative estimate of drug-likeness (QED) is 0.260. The molecule has 7 aliphatic heterocycles. The first kappa shape index (κ1) is 47.4. The standard InChI is InChI=1S/C28H40N4O5.C21H32N2O4/c1-27(2)36-25-24(34-19-20-9-6-5-7-10-20)21(35-26(25)37-27)18-31-15-12-28(3,13-16-31)30-17-23(33)32-14-8-11-22(32)29-4;1-20(2)26-18-17(24-14-15-7-5-4-6-8-15)16(25-19(18)27-20)13-23-11-9-21(3,22)10-12-23/h5-7,9-10,21-22,24-26,30H,8,11-19H2,1-3H3;4-8,16-19H,9-14,22H2,1-3H3/t21-,22+,24+,25-,26-;16-,17+,18-,19-/m11/s1. The first-order valence-corrected chi connectivity index (χ1v) is 23.5. The minimum Gasteiger partial charge on any atom is -0.368 e. The Morgan fingerprint density at radius 3 is 1.66 bits per heavy atom. The van der Waals surface area contributed by atoms with Crippen LogP contribution < -0.4 is 11.1 Å². The number of ether oxygens (including phenoxy) is 8. The fraction of sp³-hybridized carbons (Fsp3) is 0.714. The van der Waals surface area contributed by atoms with Gasteiger partial charge in [-0.2, -0.15) is 0 Å². The van der Waals surface area contributed by atoms with Gasteiger partial charge in [-0.3, -0.25) is 14.5 Å². The Balaban J connectivity index is 0.000000184. The zero-order valence-electron chi connectivity index (χ0n) is 38.8. The molecule has 0 unspecified atom stereocenters. The summed E-state index contributed by atoms with van der Waals surface area (Å²) in [5.41, 5.74) is 8.38. The second kappa shape index (κ2) is 20.0. The van der Waals surface area contributed by atoms with Gasteiger partial charge in [0.1, 0.15) is 36.6 Å². The summed E-state index contributed by atoms with van der Waals surface area (Å²) >= 11 is 0. The van der Waals surface area contributed by atoms with Crippen molar-refractivity contribution < 1.29 is 42.7 Å². The van der Waals surface area contributed by atoms with Crippen LogP contribution in [0.2, 0.25) is 0 Å². The SMILES string of the molecule is CC1(N)CCN(C[C@H]2O[C@@H]3OC(C)(C)O[C@@H]3[C@H]2OCc2ccccc2)CC1.[C-]#[N+][C@@H]1CCCN1C(=O)CNC1(C)CCN(C[C@H]2O[C@@H]3OC(C)(C)O[C@@H]3[C@H]2OCc2ccccc2)CC1. The normalized spacial score (nSPS) is 33.8. The van der Waals surface area contributed by atoms with E-state index in [0.29, 0.717) is 19.8 Å². The first-order valence-electron chi connectivity index (χ1n) is 23.5. The number of hydrogen-bond donors (Lipinski definition) is 2. The van der Waals surface area contributed by atoms with Crippen molar-refractivity contribution in [2.24, 2.45) is 5.73 Å². The summed E-state index contributed by atoms with van der Waals surface area (Å²) in [5, 5.41) is 3.51. The molecule has 9 atom stereocenters. The van der Waals surface area contributed by atoms with E-state index in [-0.39, 0.29) is 72.6 Å². The highest BCUT2D eigenvalue weighted by molar-refractivity contribution is 5.79. The number of likely N-dealkylation sites (tertiary alicyclic amines) is 3. The van der Waals surface area contributed by atoms with Crippen molar-refractivity contribution in [3.05, 3.63) is 83.2 Å². The molecule has 7 heterocycles. The third-order valence-electron chi connectivity index (χ3n) is 13.9. The Hall–Kier alpha value is -3.08. The predicted molar refractivity (Wildman–Crippen MR) is 239 cm³/mol. The van der Waals surface area contributed by atoms with Crippen LogP contribution in [-0.2, 0) is 55.9 Å². The molecule has 352 valence electrons. The van der Waals surface area contributed by atoms with Gasteiger partial charge in [0, 0.05) is 37.1 Å². The van der Waals surface area contributed by atoms with E-state index >= 15 is 0 Å². The number of piperidine rings is 2. The molecule has 0 aliphatic carbocycles. The predicted octanol–water partition coefficient (Wildman–Crippen LogP) is 5.02. The Morgan fingerprint density at radius 2 is 1.19 bits per heavy atom. The van der Waals surface area contributed by atoms with Crippen molar-refractivity contribution >= 4 is 5.91 Å². The molecule has 0 saturated carbocycles. The summed E-state index contributed by atoms with van der Waals surface area (Å²) in [5.74, 6) is -1.29. The van der Waals surface area contributed by atoms with Crippen molar-refractivity contribution in [3.63, 3.8) is 0 Å². The maximum atomic E-state index is 12.7. The summed E-state index contributed by atoms with van der Waals surface area (Å²) in [6.45, 7) is 26.7. The van der Waals surface area contributed by atoms with Crippen LogP contribution >= 0.6 is 0 Å². The summed E-state index contributed by atoms with van der Waals surface area (Å²) in [7, 11) is 0. The van der Waals surface area contributed by atoms with Crippen molar-refractivity contribution in [2.45, 2.75) is 171 Å². The van der Waals surface area contributed by atoms with E-state index in [9.17, 15) is 4.79 Å². The average molecular weight is 889 g/mol. The summed E-state index contributed by atoms with van der Waals surface area (Å²) < 4.78 is 49.5. The van der Waals surface area contributed by atoms with Crippen LogP contribution in [0.25, 0.3) is 4.85 Å². The number of amides is 1. The molecule has 2 aromatic rings. The van der Waals surface area contributed by atoms with Crippen LogP contribution in [0, 0.1) is 6.57 Å². The van der Waals surface area contributed by atoms with Gasteiger partial charge in [-0.05, 0) is 111 Å². The summed E-state index contributed by atoms with van der Waals surface area (Å²) in [6, 6.07) is 20.4. The number of carbonyl (C=O) groups excluding carboxylic acids is 1. The lowest BCUT2D eigenvalue weighted by molar-refractivity contribution is -0.221. The molecule has 7 aliphatic rings. The van der Waals surface area contributed by atoms with Gasteiger partial charge in [0.2, 0.25) is 5.91 Å². The highest BCUT2D eigenvalue weighted by Crippen LogP contribution is 2.41. The van der Waals surface area contributed by atoms with Crippen LogP contribution in [0.5, 0.6) is 0 Å². The molecule has 0 spiro atoms. The minimum absolute atomic E-state index is 0.0365. The molecule has 3 N–H and O–H groups in total. The monoisotopic (exact) mass is 889 g/mol. The third-order valence-corrected chi connectivity index (χ3v) is 13.9. The van der Waals surface area contributed by atoms with Crippen LogP contribution in [0.15, 0.2) is 60.7 Å². The number of fused-ring (bicyclic) bond motifs is 2. The van der Waals surface area contributed by atoms with Crippen molar-refractivity contribution in [1.82, 2.24) is 20.0 Å². The zero-order chi connectivity index (χ0) is 45.1. The van der Waals surface area contributed by atoms with E-state index in [1.807, 2.05) is 64.1 Å². The van der Waals surface area contributed by atoms with Crippen LogP contribution in [0.1, 0.15) is 91.2 Å². The molecule has 0 bridgehead atoms. The van der Waals surface area contributed by atoms with E-state index in [0.717, 1.165) is 88.9 Å². The fourth-order valence-electron chi connectivity index (χ4n) is 10.1. The van der Waals surface area contributed by atoms with Gasteiger partial charge in [-0.25, -0.2) is 6.57 Å². The largest absolute Gasteiger partial charge is 0.368 e. The smallest absolute Gasteiger partial charge is 0.300 e. The number of carbonyl (C=O) groups is 1. The molecule has 2 aromatic carbocycles. The molecule has 0 aromatic heterocycles. The fourth-order valence-corrected chi connectivity index (χ4v) is 10.1. The van der Waals surface area contributed by atoms with Gasteiger partial charge in [0.25, 0.3) is 0 Å². The lowest BCUT2D eigenvalue weighted by Gasteiger charge is -2.41. The Labute approximate surface area is 380 Å². The second-order valence-corrected chi connectivity index (χ2v) is 20.3. The molecular weight excluding hydrogens is 817 g/mol. The Kier molecular flexibility index (Phi) is 14.8. The number of benzene rings is 2. The van der Waals surface area contributed by atoms with Gasteiger partial charge < -0.3 is 58.7 Å². The minimum atomic E-state index is -0.686.